The lowest BCUT2D eigenvalue weighted by Gasteiger charge is -2.15. The quantitative estimate of drug-likeness (QED) is 0.370. The lowest BCUT2D eigenvalue weighted by Crippen LogP contribution is -2.16. The number of nitrogens with two attached hydrogens (primary N) is 1. The Bertz CT molecular complexity index is 454. The molecule has 19 heavy (non-hydrogen) atoms. The highest BCUT2D eigenvalue weighted by molar-refractivity contribution is 5.99. The normalized spacial score (nSPS) is 16.6. The van der Waals surface area contributed by atoms with Gasteiger partial charge >= 0.3 is 0 Å². The topological polar surface area (TPSA) is 77.1 Å². The summed E-state index contributed by atoms with van der Waals surface area (Å²) in [6.45, 7) is 0.666. The second kappa shape index (κ2) is 6.31. The predicted octanol–water partition coefficient (Wildman–Crippen LogP) is 2.36. The second-order valence-electron chi connectivity index (χ2n) is 4.81. The number of hydrogen-bond donors (Lipinski definition) is 2. The van der Waals surface area contributed by atoms with E-state index in [4.69, 9.17) is 20.4 Å². The first kappa shape index (κ1) is 13.5. The van der Waals surface area contributed by atoms with Gasteiger partial charge in [0.1, 0.15) is 11.5 Å². The molecule has 5 heteroatoms. The van der Waals surface area contributed by atoms with Crippen LogP contribution in [0.25, 0.3) is 0 Å². The van der Waals surface area contributed by atoms with E-state index < -0.39 is 0 Å². The van der Waals surface area contributed by atoms with Crippen molar-refractivity contribution in [3.8, 4) is 11.5 Å². The predicted molar refractivity (Wildman–Crippen MR) is 73.0 cm³/mol. The first-order valence-electron chi connectivity index (χ1n) is 6.53. The van der Waals surface area contributed by atoms with Gasteiger partial charge in [-0.15, -0.1) is 0 Å². The highest BCUT2D eigenvalue weighted by Gasteiger charge is 2.17. The zero-order valence-electron chi connectivity index (χ0n) is 11.1. The van der Waals surface area contributed by atoms with Crippen LogP contribution in [0.1, 0.15) is 31.2 Å². The number of amidine groups is 1. The van der Waals surface area contributed by atoms with E-state index >= 15 is 0 Å². The van der Waals surface area contributed by atoms with Crippen molar-refractivity contribution < 1.29 is 14.7 Å². The molecule has 0 unspecified atom stereocenters. The summed E-state index contributed by atoms with van der Waals surface area (Å²) < 4.78 is 11.0. The van der Waals surface area contributed by atoms with Gasteiger partial charge in [0.05, 0.1) is 19.3 Å². The molecule has 0 bridgehead atoms. The molecule has 0 atom stereocenters. The van der Waals surface area contributed by atoms with Gasteiger partial charge in [-0.1, -0.05) is 18.0 Å². The molecule has 104 valence electrons. The van der Waals surface area contributed by atoms with Crippen LogP contribution in [-0.2, 0) is 0 Å². The van der Waals surface area contributed by atoms with Crippen molar-refractivity contribution in [3.05, 3.63) is 23.8 Å². The Morgan fingerprint density at radius 3 is 2.79 bits per heavy atom. The lowest BCUT2D eigenvalue weighted by molar-refractivity contribution is 0.250. The number of ether oxygens (including phenoxy) is 2. The van der Waals surface area contributed by atoms with Crippen molar-refractivity contribution in [2.75, 3.05) is 13.7 Å². The average molecular weight is 264 g/mol. The second-order valence-corrected chi connectivity index (χ2v) is 4.81. The fourth-order valence-corrected chi connectivity index (χ4v) is 2.40. The smallest absolute Gasteiger partial charge is 0.173 e. The summed E-state index contributed by atoms with van der Waals surface area (Å²) in [6.07, 6.45) is 4.98. The molecule has 1 aromatic carbocycles. The van der Waals surface area contributed by atoms with Crippen LogP contribution >= 0.6 is 0 Å². The Morgan fingerprint density at radius 1 is 1.42 bits per heavy atom. The molecule has 1 saturated carbocycles. The summed E-state index contributed by atoms with van der Waals surface area (Å²) in [5, 5.41) is 11.8. The molecule has 1 fully saturated rings. The van der Waals surface area contributed by atoms with Crippen LogP contribution < -0.4 is 15.2 Å². The van der Waals surface area contributed by atoms with Gasteiger partial charge in [0, 0.05) is 6.07 Å². The van der Waals surface area contributed by atoms with E-state index in [0.29, 0.717) is 29.6 Å². The summed E-state index contributed by atoms with van der Waals surface area (Å²) in [5.41, 5.74) is 6.23. The highest BCUT2D eigenvalue weighted by atomic mass is 16.5. The van der Waals surface area contributed by atoms with Crippen LogP contribution in [0.2, 0.25) is 0 Å². The molecular weight excluding hydrogens is 244 g/mol. The lowest BCUT2D eigenvalue weighted by atomic mass is 10.1. The zero-order chi connectivity index (χ0) is 13.7. The Hall–Kier alpha value is -1.91. The maximum Gasteiger partial charge on any atom is 0.173 e. The Kier molecular flexibility index (Phi) is 4.49. The molecule has 0 radical (unpaired) electrons. The molecule has 1 aromatic rings. The third-order valence-electron chi connectivity index (χ3n) is 3.52. The van der Waals surface area contributed by atoms with Crippen molar-refractivity contribution in [1.82, 2.24) is 0 Å². The minimum absolute atomic E-state index is 0.0454. The van der Waals surface area contributed by atoms with E-state index in [1.165, 1.54) is 25.7 Å². The van der Waals surface area contributed by atoms with E-state index in [2.05, 4.69) is 5.16 Å². The first-order valence-corrected chi connectivity index (χ1v) is 6.53. The van der Waals surface area contributed by atoms with E-state index in [1.807, 2.05) is 0 Å². The number of hydrogen-bond acceptors (Lipinski definition) is 4. The summed E-state index contributed by atoms with van der Waals surface area (Å²) in [4.78, 5) is 0. The van der Waals surface area contributed by atoms with Gasteiger partial charge in [0.15, 0.2) is 5.84 Å². The third kappa shape index (κ3) is 3.30. The van der Waals surface area contributed by atoms with E-state index in [-0.39, 0.29) is 5.84 Å². The highest BCUT2D eigenvalue weighted by Crippen LogP contribution is 2.29. The molecule has 2 rings (SSSR count). The molecule has 0 spiro atoms. The Labute approximate surface area is 113 Å². The molecule has 0 heterocycles. The van der Waals surface area contributed by atoms with Crippen LogP contribution in [0.3, 0.4) is 0 Å². The number of oxime groups is 1. The van der Waals surface area contributed by atoms with Crippen molar-refractivity contribution in [2.45, 2.75) is 25.7 Å². The van der Waals surface area contributed by atoms with Gasteiger partial charge in [-0.2, -0.15) is 0 Å². The largest absolute Gasteiger partial charge is 0.497 e. The molecule has 3 N–H and O–H groups in total. The molecule has 1 aliphatic carbocycles. The molecule has 1 aliphatic rings. The van der Waals surface area contributed by atoms with Crippen molar-refractivity contribution in [3.63, 3.8) is 0 Å². The molecule has 0 amide bonds. The number of rotatable bonds is 5. The summed E-state index contributed by atoms with van der Waals surface area (Å²) in [5.74, 6) is 1.94. The van der Waals surface area contributed by atoms with Gasteiger partial charge in [-0.25, -0.2) is 0 Å². The number of nitrogens with zero attached hydrogens (tertiary/aromatic N) is 1. The molecule has 0 aliphatic heterocycles. The van der Waals surface area contributed by atoms with Crippen molar-refractivity contribution in [1.29, 1.82) is 0 Å². The summed E-state index contributed by atoms with van der Waals surface area (Å²) in [7, 11) is 1.60. The van der Waals surface area contributed by atoms with Gasteiger partial charge in [-0.3, -0.25) is 0 Å². The van der Waals surface area contributed by atoms with Gasteiger partial charge in [0.2, 0.25) is 0 Å². The van der Waals surface area contributed by atoms with Crippen LogP contribution in [0, 0.1) is 5.92 Å². The minimum atomic E-state index is 0.0454. The van der Waals surface area contributed by atoms with Crippen molar-refractivity contribution >= 4 is 5.84 Å². The molecule has 0 saturated heterocycles. The van der Waals surface area contributed by atoms with E-state index in [9.17, 15) is 0 Å². The Balaban J connectivity index is 2.14. The maximum absolute atomic E-state index is 8.80. The standard InChI is InChI=1S/C14H20N2O3/c1-18-11-6-7-12(14(15)16-17)13(8-11)19-9-10-4-2-3-5-10/h6-8,10,17H,2-5,9H2,1H3,(H2,15,16). The molecular formula is C14H20N2O3. The summed E-state index contributed by atoms with van der Waals surface area (Å²) >= 11 is 0. The SMILES string of the molecule is COc1ccc(/C(N)=N/O)c(OCC2CCCC2)c1. The Morgan fingerprint density at radius 2 is 2.16 bits per heavy atom. The van der Waals surface area contributed by atoms with E-state index in [0.717, 1.165) is 0 Å². The van der Waals surface area contributed by atoms with E-state index in [1.54, 1.807) is 25.3 Å². The fraction of sp³-hybridized carbons (Fsp3) is 0.500. The fourth-order valence-electron chi connectivity index (χ4n) is 2.40. The first-order chi connectivity index (χ1) is 9.24. The van der Waals surface area contributed by atoms with Gasteiger partial charge in [-0.05, 0) is 30.9 Å². The third-order valence-corrected chi connectivity index (χ3v) is 3.52. The summed E-state index contributed by atoms with van der Waals surface area (Å²) in [6, 6.07) is 5.26. The zero-order valence-corrected chi connectivity index (χ0v) is 11.1. The molecule has 5 nitrogen and oxygen atoms in total. The van der Waals surface area contributed by atoms with Crippen molar-refractivity contribution in [2.24, 2.45) is 16.8 Å². The van der Waals surface area contributed by atoms with Crippen LogP contribution in [0.4, 0.5) is 0 Å². The van der Waals surface area contributed by atoms with Gasteiger partial charge < -0.3 is 20.4 Å². The number of methoxy groups -OCH3 is 1. The maximum atomic E-state index is 8.80. The van der Waals surface area contributed by atoms with Gasteiger partial charge in [0.25, 0.3) is 0 Å². The van der Waals surface area contributed by atoms with Crippen LogP contribution in [-0.4, -0.2) is 24.8 Å². The number of benzene rings is 1. The average Bonchev–Trinajstić information content (AvgIpc) is 2.97. The van der Waals surface area contributed by atoms with Crippen LogP contribution in [0.15, 0.2) is 23.4 Å². The molecule has 0 aromatic heterocycles. The van der Waals surface area contributed by atoms with Crippen LogP contribution in [0.5, 0.6) is 11.5 Å². The monoisotopic (exact) mass is 264 g/mol. The minimum Gasteiger partial charge on any atom is -0.497 e.